The summed E-state index contributed by atoms with van der Waals surface area (Å²) in [6.45, 7) is 2.03. The van der Waals surface area contributed by atoms with Gasteiger partial charge in [-0.05, 0) is 31.9 Å². The first-order chi connectivity index (χ1) is 14.9. The first kappa shape index (κ1) is 20.6. The van der Waals surface area contributed by atoms with Crippen LogP contribution in [0.15, 0.2) is 48.5 Å². The third kappa shape index (κ3) is 4.29. The van der Waals surface area contributed by atoms with E-state index in [2.05, 4.69) is 15.5 Å². The van der Waals surface area contributed by atoms with Gasteiger partial charge < -0.3 is 4.90 Å². The summed E-state index contributed by atoms with van der Waals surface area (Å²) in [5, 5.41) is 23.0. The number of hydrogen-bond donors (Lipinski definition) is 1. The molecule has 31 heavy (non-hydrogen) atoms. The monoisotopic (exact) mass is 437 g/mol. The second-order valence-electron chi connectivity index (χ2n) is 7.18. The Balaban J connectivity index is 1.47. The van der Waals surface area contributed by atoms with Gasteiger partial charge in [0.2, 0.25) is 11.0 Å². The number of benzene rings is 2. The standard InChI is InChI=1S/C21H19N5O4S/c1-13-12-15(9-10-16(13)26(29)30)20(28)25-11-5-8-17(25)18(27)22-21-24-23-19(31-21)14-6-3-2-4-7-14/h2-4,6-7,9-10,12,17H,5,8,11H2,1H3,(H,22,24,27). The highest BCUT2D eigenvalue weighted by Crippen LogP contribution is 2.28. The molecule has 1 atom stereocenters. The zero-order chi connectivity index (χ0) is 22.0. The number of carbonyl (C=O) groups excluding carboxylic acids is 2. The Hall–Kier alpha value is -3.66. The van der Waals surface area contributed by atoms with Crippen molar-refractivity contribution < 1.29 is 14.5 Å². The molecule has 1 N–H and O–H groups in total. The first-order valence-corrected chi connectivity index (χ1v) is 10.5. The lowest BCUT2D eigenvalue weighted by Gasteiger charge is -2.23. The van der Waals surface area contributed by atoms with E-state index in [4.69, 9.17) is 0 Å². The van der Waals surface area contributed by atoms with Crippen molar-refractivity contribution in [3.8, 4) is 10.6 Å². The largest absolute Gasteiger partial charge is 0.327 e. The molecule has 0 bridgehead atoms. The summed E-state index contributed by atoms with van der Waals surface area (Å²) < 4.78 is 0. The van der Waals surface area contributed by atoms with E-state index >= 15 is 0 Å². The number of hydrogen-bond acceptors (Lipinski definition) is 7. The maximum atomic E-state index is 13.0. The number of aromatic nitrogens is 2. The van der Waals surface area contributed by atoms with Gasteiger partial charge in [0.15, 0.2) is 0 Å². The Bertz CT molecular complexity index is 1150. The molecule has 1 aromatic heterocycles. The Morgan fingerprint density at radius 3 is 2.68 bits per heavy atom. The number of nitrogens with one attached hydrogen (secondary N) is 1. The van der Waals surface area contributed by atoms with Gasteiger partial charge >= 0.3 is 0 Å². The molecule has 3 aromatic rings. The van der Waals surface area contributed by atoms with Crippen molar-refractivity contribution in [1.82, 2.24) is 15.1 Å². The molecular weight excluding hydrogens is 418 g/mol. The molecule has 1 saturated heterocycles. The number of nitro benzene ring substituents is 1. The van der Waals surface area contributed by atoms with Crippen molar-refractivity contribution in [2.45, 2.75) is 25.8 Å². The minimum Gasteiger partial charge on any atom is -0.327 e. The zero-order valence-corrected chi connectivity index (χ0v) is 17.5. The molecule has 158 valence electrons. The van der Waals surface area contributed by atoms with Crippen LogP contribution in [0.2, 0.25) is 0 Å². The fraction of sp³-hybridized carbons (Fsp3) is 0.238. The molecule has 1 aliphatic rings. The number of nitro groups is 1. The molecule has 0 saturated carbocycles. The van der Waals surface area contributed by atoms with Crippen LogP contribution >= 0.6 is 11.3 Å². The lowest BCUT2D eigenvalue weighted by molar-refractivity contribution is -0.385. The van der Waals surface area contributed by atoms with Gasteiger partial charge in [-0.1, -0.05) is 41.7 Å². The van der Waals surface area contributed by atoms with E-state index in [9.17, 15) is 19.7 Å². The Kier molecular flexibility index (Phi) is 5.72. The van der Waals surface area contributed by atoms with E-state index in [0.717, 1.165) is 5.56 Å². The van der Waals surface area contributed by atoms with Gasteiger partial charge in [0.25, 0.3) is 11.6 Å². The van der Waals surface area contributed by atoms with Gasteiger partial charge in [0, 0.05) is 29.3 Å². The average molecular weight is 437 g/mol. The van der Waals surface area contributed by atoms with Crippen LogP contribution in [0.25, 0.3) is 10.6 Å². The highest BCUT2D eigenvalue weighted by Gasteiger charge is 2.35. The molecule has 1 fully saturated rings. The van der Waals surface area contributed by atoms with Crippen LogP contribution in [0.5, 0.6) is 0 Å². The smallest absolute Gasteiger partial charge is 0.272 e. The van der Waals surface area contributed by atoms with Crippen molar-refractivity contribution in [3.05, 3.63) is 69.8 Å². The van der Waals surface area contributed by atoms with Crippen LogP contribution < -0.4 is 5.32 Å². The number of anilines is 1. The maximum absolute atomic E-state index is 13.0. The third-order valence-corrected chi connectivity index (χ3v) is 6.02. The zero-order valence-electron chi connectivity index (χ0n) is 16.6. The van der Waals surface area contributed by atoms with Crippen LogP contribution in [-0.4, -0.2) is 44.4 Å². The summed E-state index contributed by atoms with van der Waals surface area (Å²) in [4.78, 5) is 37.9. The molecule has 9 nitrogen and oxygen atoms in total. The topological polar surface area (TPSA) is 118 Å². The molecule has 2 amide bonds. The van der Waals surface area contributed by atoms with E-state index in [1.165, 1.54) is 34.4 Å². The highest BCUT2D eigenvalue weighted by molar-refractivity contribution is 7.18. The third-order valence-electron chi connectivity index (χ3n) is 5.13. The predicted molar refractivity (Wildman–Crippen MR) is 116 cm³/mol. The summed E-state index contributed by atoms with van der Waals surface area (Å²) in [7, 11) is 0. The van der Waals surface area contributed by atoms with Crippen LogP contribution in [0.1, 0.15) is 28.8 Å². The number of amides is 2. The molecule has 2 heterocycles. The second-order valence-corrected chi connectivity index (χ2v) is 8.16. The molecular formula is C21H19N5O4S. The Morgan fingerprint density at radius 1 is 1.19 bits per heavy atom. The number of carbonyl (C=O) groups is 2. The number of nitrogens with zero attached hydrogens (tertiary/aromatic N) is 4. The van der Waals surface area contributed by atoms with E-state index in [1.54, 1.807) is 6.92 Å². The molecule has 1 unspecified atom stereocenters. The Morgan fingerprint density at radius 2 is 1.97 bits per heavy atom. The van der Waals surface area contributed by atoms with Gasteiger partial charge in [-0.15, -0.1) is 10.2 Å². The SMILES string of the molecule is Cc1cc(C(=O)N2CCCC2C(=O)Nc2nnc(-c3ccccc3)s2)ccc1[N+](=O)[O-]. The first-order valence-electron chi connectivity index (χ1n) is 9.70. The van der Waals surface area contributed by atoms with Gasteiger partial charge in [0.05, 0.1) is 4.92 Å². The summed E-state index contributed by atoms with van der Waals surface area (Å²) in [5.41, 5.74) is 1.59. The fourth-order valence-electron chi connectivity index (χ4n) is 3.60. The van der Waals surface area contributed by atoms with Gasteiger partial charge in [-0.25, -0.2) is 0 Å². The van der Waals surface area contributed by atoms with Crippen molar-refractivity contribution in [3.63, 3.8) is 0 Å². The molecule has 4 rings (SSSR count). The lowest BCUT2D eigenvalue weighted by atomic mass is 10.1. The van der Waals surface area contributed by atoms with Crippen LogP contribution in [-0.2, 0) is 4.79 Å². The van der Waals surface area contributed by atoms with Crippen molar-refractivity contribution in [2.75, 3.05) is 11.9 Å². The van der Waals surface area contributed by atoms with E-state index < -0.39 is 11.0 Å². The van der Waals surface area contributed by atoms with Crippen LogP contribution in [0.4, 0.5) is 10.8 Å². The maximum Gasteiger partial charge on any atom is 0.272 e. The number of aryl methyl sites for hydroxylation is 1. The molecule has 1 aliphatic heterocycles. The summed E-state index contributed by atoms with van der Waals surface area (Å²) in [6.07, 6.45) is 1.23. The van der Waals surface area contributed by atoms with E-state index in [-0.39, 0.29) is 17.5 Å². The number of likely N-dealkylation sites (tertiary alicyclic amines) is 1. The summed E-state index contributed by atoms with van der Waals surface area (Å²) in [5.74, 6) is -0.641. The van der Waals surface area contributed by atoms with Crippen molar-refractivity contribution in [1.29, 1.82) is 0 Å². The van der Waals surface area contributed by atoms with Gasteiger partial charge in [0.1, 0.15) is 11.0 Å². The quantitative estimate of drug-likeness (QED) is 0.481. The summed E-state index contributed by atoms with van der Waals surface area (Å²) >= 11 is 1.26. The molecule has 10 heteroatoms. The predicted octanol–water partition coefficient (Wildman–Crippen LogP) is 3.67. The normalized spacial score (nSPS) is 15.6. The van der Waals surface area contributed by atoms with Gasteiger partial charge in [-0.3, -0.25) is 25.0 Å². The molecule has 0 spiro atoms. The van der Waals surface area contributed by atoms with Gasteiger partial charge in [-0.2, -0.15) is 0 Å². The Labute approximate surface area is 181 Å². The van der Waals surface area contributed by atoms with Crippen molar-refractivity contribution in [2.24, 2.45) is 0 Å². The van der Waals surface area contributed by atoms with E-state index in [1.807, 2.05) is 30.3 Å². The van der Waals surface area contributed by atoms with E-state index in [0.29, 0.717) is 40.7 Å². The minimum atomic E-state index is -0.632. The summed E-state index contributed by atoms with van der Waals surface area (Å²) in [6, 6.07) is 13.1. The minimum absolute atomic E-state index is 0.0437. The molecule has 0 aliphatic carbocycles. The van der Waals surface area contributed by atoms with Crippen LogP contribution in [0, 0.1) is 17.0 Å². The van der Waals surface area contributed by atoms with Crippen molar-refractivity contribution >= 4 is 34.0 Å². The average Bonchev–Trinajstić information content (AvgIpc) is 3.43. The van der Waals surface area contributed by atoms with Crippen LogP contribution in [0.3, 0.4) is 0 Å². The number of rotatable bonds is 5. The lowest BCUT2D eigenvalue weighted by Crippen LogP contribution is -2.43. The molecule has 2 aromatic carbocycles. The fourth-order valence-corrected chi connectivity index (χ4v) is 4.35. The second kappa shape index (κ2) is 8.60. The highest BCUT2D eigenvalue weighted by atomic mass is 32.1. The molecule has 0 radical (unpaired) electrons.